The van der Waals surface area contributed by atoms with Crippen molar-refractivity contribution in [2.45, 2.75) is 102 Å². The van der Waals surface area contributed by atoms with Crippen LogP contribution in [-0.4, -0.2) is 102 Å². The molecule has 3 rings (SSSR count). The predicted molar refractivity (Wildman–Crippen MR) is 185 cm³/mol. The predicted octanol–water partition coefficient (Wildman–Crippen LogP) is 2.14. The number of Topliss-reactive ketones (excluding diaryl/α,β-unsaturated/α-hetero) is 1. The van der Waals surface area contributed by atoms with Gasteiger partial charge in [-0.1, -0.05) is 49.2 Å². The Hall–Kier alpha value is -4.75. The Morgan fingerprint density at radius 1 is 0.960 bits per heavy atom. The number of rotatable bonds is 15. The normalized spacial score (nSPS) is 17.9. The summed E-state index contributed by atoms with van der Waals surface area (Å²) in [6, 6.07) is 4.56. The summed E-state index contributed by atoms with van der Waals surface area (Å²) in [5.74, 6) is -4.23. The number of hydrogen-bond acceptors (Lipinski definition) is 8. The first-order valence-electron chi connectivity index (χ1n) is 17.2. The van der Waals surface area contributed by atoms with Crippen molar-refractivity contribution in [2.75, 3.05) is 27.2 Å². The Labute approximate surface area is 294 Å². The molecule has 14 nitrogen and oxygen atoms in total. The minimum Gasteiger partial charge on any atom is -0.444 e. The number of carbonyl (C=O) groups is 7. The second-order valence-electron chi connectivity index (χ2n) is 14.0. The molecular weight excluding hydrogens is 644 g/mol. The SMILES string of the molecule is C=CCCC(NC(=O)[C@@H]1CCCN1C(=O)[C@@H](NC(=O)OC(C)(C)C)C1CCCC1)C(=O)C(=O)NCC(=O)N[C@H](C(=O)N(C)C)c1ccccc1. The van der Waals surface area contributed by atoms with Gasteiger partial charge in [-0.05, 0) is 70.8 Å². The number of likely N-dealkylation sites (N-methyl/N-ethyl adjacent to an activating group) is 1. The lowest BCUT2D eigenvalue weighted by molar-refractivity contribution is -0.143. The third-order valence-corrected chi connectivity index (χ3v) is 8.70. The van der Waals surface area contributed by atoms with Gasteiger partial charge in [0, 0.05) is 20.6 Å². The number of nitrogens with one attached hydrogen (secondary N) is 4. The van der Waals surface area contributed by atoms with Gasteiger partial charge >= 0.3 is 6.09 Å². The van der Waals surface area contributed by atoms with Gasteiger partial charge in [-0.15, -0.1) is 6.58 Å². The number of nitrogens with zero attached hydrogens (tertiary/aromatic N) is 2. The maximum absolute atomic E-state index is 13.9. The highest BCUT2D eigenvalue weighted by molar-refractivity contribution is 6.38. The largest absolute Gasteiger partial charge is 0.444 e. The van der Waals surface area contributed by atoms with E-state index in [-0.39, 0.29) is 30.7 Å². The highest BCUT2D eigenvalue weighted by Crippen LogP contribution is 2.30. The topological polar surface area (TPSA) is 183 Å². The van der Waals surface area contributed by atoms with Gasteiger partial charge in [-0.2, -0.15) is 0 Å². The van der Waals surface area contributed by atoms with Gasteiger partial charge in [0.05, 0.1) is 12.6 Å². The first kappa shape index (κ1) is 39.7. The zero-order valence-corrected chi connectivity index (χ0v) is 29.8. The van der Waals surface area contributed by atoms with Crippen molar-refractivity contribution < 1.29 is 38.3 Å². The molecule has 0 radical (unpaired) electrons. The molecule has 2 aliphatic rings. The molecule has 6 amide bonds. The van der Waals surface area contributed by atoms with Gasteiger partial charge in [0.15, 0.2) is 0 Å². The molecular formula is C36H52N6O8. The number of hydrogen-bond donors (Lipinski definition) is 4. The van der Waals surface area contributed by atoms with Crippen LogP contribution in [0.15, 0.2) is 43.0 Å². The summed E-state index contributed by atoms with van der Waals surface area (Å²) in [6.45, 7) is 8.56. The van der Waals surface area contributed by atoms with E-state index in [1.807, 2.05) is 0 Å². The van der Waals surface area contributed by atoms with Crippen LogP contribution in [0.25, 0.3) is 0 Å². The maximum Gasteiger partial charge on any atom is 0.408 e. The molecule has 0 bridgehead atoms. The minimum atomic E-state index is -1.25. The highest BCUT2D eigenvalue weighted by atomic mass is 16.6. The molecule has 4 atom stereocenters. The van der Waals surface area contributed by atoms with E-state index in [2.05, 4.69) is 27.8 Å². The fraction of sp³-hybridized carbons (Fsp3) is 0.583. The minimum absolute atomic E-state index is 0.0622. The Bertz CT molecular complexity index is 1400. The molecule has 1 aromatic carbocycles. The molecule has 1 heterocycles. The number of carbonyl (C=O) groups excluding carboxylic acids is 7. The van der Waals surface area contributed by atoms with Crippen LogP contribution in [0.3, 0.4) is 0 Å². The number of likely N-dealkylation sites (tertiary alicyclic amines) is 1. The summed E-state index contributed by atoms with van der Waals surface area (Å²) in [4.78, 5) is 94.8. The van der Waals surface area contributed by atoms with E-state index in [0.29, 0.717) is 24.8 Å². The smallest absolute Gasteiger partial charge is 0.408 e. The molecule has 1 saturated carbocycles. The number of allylic oxidation sites excluding steroid dienone is 1. The van der Waals surface area contributed by atoms with Crippen LogP contribution in [0.1, 0.15) is 83.7 Å². The number of ether oxygens (including phenoxy) is 1. The lowest BCUT2D eigenvalue weighted by Crippen LogP contribution is -2.58. The van der Waals surface area contributed by atoms with Crippen LogP contribution in [0, 0.1) is 5.92 Å². The van der Waals surface area contributed by atoms with Gasteiger partial charge in [-0.3, -0.25) is 28.8 Å². The highest BCUT2D eigenvalue weighted by Gasteiger charge is 2.42. The molecule has 0 aromatic heterocycles. The number of ketones is 1. The summed E-state index contributed by atoms with van der Waals surface area (Å²) < 4.78 is 5.42. The molecule has 1 aliphatic heterocycles. The summed E-state index contributed by atoms with van der Waals surface area (Å²) in [5, 5.41) is 10.3. The second kappa shape index (κ2) is 18.3. The molecule has 274 valence electrons. The van der Waals surface area contributed by atoms with Crippen molar-refractivity contribution >= 4 is 41.4 Å². The van der Waals surface area contributed by atoms with E-state index < -0.39 is 65.9 Å². The van der Waals surface area contributed by atoms with Gasteiger partial charge < -0.3 is 35.8 Å². The number of alkyl carbamates (subject to hydrolysis) is 1. The average molecular weight is 697 g/mol. The molecule has 1 saturated heterocycles. The molecule has 14 heteroatoms. The van der Waals surface area contributed by atoms with Gasteiger partial charge in [0.25, 0.3) is 5.91 Å². The van der Waals surface area contributed by atoms with Crippen LogP contribution in [0.4, 0.5) is 4.79 Å². The third-order valence-electron chi connectivity index (χ3n) is 8.70. The summed E-state index contributed by atoms with van der Waals surface area (Å²) in [6.07, 6.45) is 5.42. The van der Waals surface area contributed by atoms with Crippen LogP contribution in [0.5, 0.6) is 0 Å². The van der Waals surface area contributed by atoms with Crippen LogP contribution < -0.4 is 21.3 Å². The van der Waals surface area contributed by atoms with Crippen molar-refractivity contribution in [3.63, 3.8) is 0 Å². The Balaban J connectivity index is 1.67. The fourth-order valence-electron chi connectivity index (χ4n) is 6.22. The lowest BCUT2D eigenvalue weighted by Gasteiger charge is -2.32. The second-order valence-corrected chi connectivity index (χ2v) is 14.0. The van der Waals surface area contributed by atoms with Gasteiger partial charge in [-0.25, -0.2) is 4.79 Å². The van der Waals surface area contributed by atoms with Crippen LogP contribution in [0.2, 0.25) is 0 Å². The fourth-order valence-corrected chi connectivity index (χ4v) is 6.22. The lowest BCUT2D eigenvalue weighted by atomic mass is 9.96. The van der Waals surface area contributed by atoms with E-state index in [4.69, 9.17) is 4.74 Å². The Kier molecular flexibility index (Phi) is 14.5. The Morgan fingerprint density at radius 3 is 2.22 bits per heavy atom. The van der Waals surface area contributed by atoms with Crippen LogP contribution in [-0.2, 0) is 33.5 Å². The summed E-state index contributed by atoms with van der Waals surface area (Å²) in [5.41, 5.74) is -0.217. The average Bonchev–Trinajstić information content (AvgIpc) is 3.79. The quantitative estimate of drug-likeness (QED) is 0.159. The zero-order valence-electron chi connectivity index (χ0n) is 29.8. The van der Waals surface area contributed by atoms with Crippen molar-refractivity contribution in [1.82, 2.24) is 31.1 Å². The van der Waals surface area contributed by atoms with Crippen molar-refractivity contribution in [3.05, 3.63) is 48.6 Å². The molecule has 1 aliphatic carbocycles. The Morgan fingerprint density at radius 2 is 1.62 bits per heavy atom. The molecule has 1 aromatic rings. The molecule has 50 heavy (non-hydrogen) atoms. The van der Waals surface area contributed by atoms with E-state index in [1.165, 1.54) is 9.80 Å². The van der Waals surface area contributed by atoms with Gasteiger partial charge in [0.2, 0.25) is 29.4 Å². The zero-order chi connectivity index (χ0) is 37.0. The van der Waals surface area contributed by atoms with Gasteiger partial charge in [0.1, 0.15) is 23.7 Å². The van der Waals surface area contributed by atoms with Crippen molar-refractivity contribution in [2.24, 2.45) is 5.92 Å². The first-order chi connectivity index (χ1) is 23.6. The van der Waals surface area contributed by atoms with E-state index in [9.17, 15) is 33.6 Å². The van der Waals surface area contributed by atoms with E-state index in [1.54, 1.807) is 71.3 Å². The standard InChI is InChI=1S/C36H52N6O8/c1-7-8-19-25(30(44)32(46)37-22-27(43)39-28(33(47)41(5)6)23-15-10-9-11-16-23)38-31(45)26-20-14-21-42(26)34(48)29(24-17-12-13-18-24)40-35(49)50-36(2,3)4/h7,9-11,15-16,24-26,28-29H,1,8,12-14,17-22H2,2-6H3,(H,37,46)(H,38,45)(H,39,43)(H,40,49)/t25?,26-,28-,29-/m0/s1. The number of benzene rings is 1. The summed E-state index contributed by atoms with van der Waals surface area (Å²) >= 11 is 0. The van der Waals surface area contributed by atoms with E-state index >= 15 is 0 Å². The molecule has 2 fully saturated rings. The van der Waals surface area contributed by atoms with E-state index in [0.717, 1.165) is 25.7 Å². The first-order valence-corrected chi connectivity index (χ1v) is 17.2. The molecule has 4 N–H and O–H groups in total. The monoisotopic (exact) mass is 696 g/mol. The van der Waals surface area contributed by atoms with Crippen LogP contribution >= 0.6 is 0 Å². The molecule has 0 spiro atoms. The third kappa shape index (κ3) is 11.4. The van der Waals surface area contributed by atoms with Crippen molar-refractivity contribution in [3.8, 4) is 0 Å². The maximum atomic E-state index is 13.9. The summed E-state index contributed by atoms with van der Waals surface area (Å²) in [7, 11) is 3.11. The molecule has 1 unspecified atom stereocenters. The number of amides is 6. The van der Waals surface area contributed by atoms with Crippen molar-refractivity contribution in [1.29, 1.82) is 0 Å².